The summed E-state index contributed by atoms with van der Waals surface area (Å²) in [5.74, 6) is -0.902. The molecule has 0 fully saturated rings. The van der Waals surface area contributed by atoms with E-state index in [-0.39, 0.29) is 17.1 Å². The van der Waals surface area contributed by atoms with E-state index in [1.807, 2.05) is 13.8 Å². The number of amides is 1. The van der Waals surface area contributed by atoms with E-state index < -0.39 is 11.7 Å². The van der Waals surface area contributed by atoms with Crippen molar-refractivity contribution in [1.29, 1.82) is 0 Å². The van der Waals surface area contributed by atoms with Crippen molar-refractivity contribution in [1.82, 2.24) is 10.3 Å². The van der Waals surface area contributed by atoms with Crippen LogP contribution in [0.2, 0.25) is 0 Å². The zero-order valence-corrected chi connectivity index (χ0v) is 10.2. The number of aromatic nitrogens is 1. The Morgan fingerprint density at radius 2 is 2.11 bits per heavy atom. The summed E-state index contributed by atoms with van der Waals surface area (Å²) < 4.78 is 13.8. The monoisotopic (exact) mass is 247 g/mol. The van der Waals surface area contributed by atoms with Gasteiger partial charge in [-0.25, -0.2) is 4.39 Å². The minimum absolute atomic E-state index is 0.0429. The Kier molecular flexibility index (Phi) is 3.14. The van der Waals surface area contributed by atoms with Crippen LogP contribution in [0.15, 0.2) is 24.4 Å². The lowest BCUT2D eigenvalue weighted by atomic mass is 10.1. The van der Waals surface area contributed by atoms with Crippen LogP contribution in [-0.2, 0) is 0 Å². The van der Waals surface area contributed by atoms with Gasteiger partial charge in [-0.05, 0) is 32.0 Å². The number of hydrogen-bond acceptors (Lipinski definition) is 3. The number of nitrogens with two attached hydrogens (primary N) is 1. The maximum absolute atomic E-state index is 13.8. The van der Waals surface area contributed by atoms with E-state index >= 15 is 0 Å². The summed E-state index contributed by atoms with van der Waals surface area (Å²) in [4.78, 5) is 15.9. The van der Waals surface area contributed by atoms with Gasteiger partial charge in [0.05, 0.1) is 5.39 Å². The number of hydrogen-bond donors (Lipinski definition) is 2. The molecule has 0 bridgehead atoms. The summed E-state index contributed by atoms with van der Waals surface area (Å²) in [5, 5.41) is 3.35. The molecule has 0 spiro atoms. The molecule has 18 heavy (non-hydrogen) atoms. The number of halogens is 1. The molecule has 3 N–H and O–H groups in total. The second kappa shape index (κ2) is 4.60. The number of pyridine rings is 1. The number of fused-ring (bicyclic) bond motifs is 1. The molecule has 0 unspecified atom stereocenters. The first-order valence-electron chi connectivity index (χ1n) is 5.64. The van der Waals surface area contributed by atoms with E-state index in [1.165, 1.54) is 18.3 Å². The van der Waals surface area contributed by atoms with Crippen LogP contribution in [0.1, 0.15) is 24.3 Å². The summed E-state index contributed by atoms with van der Waals surface area (Å²) in [7, 11) is 0. The number of nitrogens with one attached hydrogen (secondary N) is 1. The van der Waals surface area contributed by atoms with E-state index in [9.17, 15) is 9.18 Å². The third kappa shape index (κ3) is 2.11. The fourth-order valence-corrected chi connectivity index (χ4v) is 1.78. The second-order valence-corrected chi connectivity index (χ2v) is 4.35. The SMILES string of the molecule is CC(C)NC(=O)c1nccc2c(N)ccc(F)c12. The van der Waals surface area contributed by atoms with E-state index in [4.69, 9.17) is 5.73 Å². The number of nitrogens with zero attached hydrogens (tertiary/aromatic N) is 1. The third-order valence-electron chi connectivity index (χ3n) is 2.54. The Morgan fingerprint density at radius 3 is 2.78 bits per heavy atom. The molecule has 2 aromatic rings. The van der Waals surface area contributed by atoms with Crippen molar-refractivity contribution >= 4 is 22.4 Å². The quantitative estimate of drug-likeness (QED) is 0.798. The van der Waals surface area contributed by atoms with Gasteiger partial charge in [0, 0.05) is 23.3 Å². The molecule has 0 aliphatic rings. The number of carbonyl (C=O) groups excluding carboxylic acids is 1. The molecule has 1 amide bonds. The van der Waals surface area contributed by atoms with E-state index in [0.717, 1.165) is 0 Å². The first-order valence-corrected chi connectivity index (χ1v) is 5.64. The second-order valence-electron chi connectivity index (χ2n) is 4.35. The highest BCUT2D eigenvalue weighted by molar-refractivity contribution is 6.08. The predicted octanol–water partition coefficient (Wildman–Crippen LogP) is 2.09. The number of anilines is 1. The summed E-state index contributed by atoms with van der Waals surface area (Å²) >= 11 is 0. The van der Waals surface area contributed by atoms with Crippen LogP contribution in [-0.4, -0.2) is 16.9 Å². The van der Waals surface area contributed by atoms with Gasteiger partial charge < -0.3 is 11.1 Å². The standard InChI is InChI=1S/C13H14FN3O/c1-7(2)17-13(18)12-11-8(5-6-16-12)10(15)4-3-9(11)14/h3-7H,15H2,1-2H3,(H,17,18). The predicted molar refractivity (Wildman–Crippen MR) is 68.7 cm³/mol. The smallest absolute Gasteiger partial charge is 0.270 e. The van der Waals surface area contributed by atoms with Gasteiger partial charge in [-0.15, -0.1) is 0 Å². The van der Waals surface area contributed by atoms with Gasteiger partial charge in [0.1, 0.15) is 11.5 Å². The minimum Gasteiger partial charge on any atom is -0.398 e. The molecule has 1 aromatic heterocycles. The number of carbonyl (C=O) groups is 1. The Labute approximate surface area is 104 Å². The van der Waals surface area contributed by atoms with E-state index in [2.05, 4.69) is 10.3 Å². The summed E-state index contributed by atoms with van der Waals surface area (Å²) in [5.41, 5.74) is 6.25. The van der Waals surface area contributed by atoms with E-state index in [0.29, 0.717) is 11.1 Å². The van der Waals surface area contributed by atoms with Crippen molar-refractivity contribution in [2.75, 3.05) is 5.73 Å². The van der Waals surface area contributed by atoms with Crippen molar-refractivity contribution in [3.05, 3.63) is 35.9 Å². The average Bonchev–Trinajstić information content (AvgIpc) is 2.32. The van der Waals surface area contributed by atoms with Crippen LogP contribution < -0.4 is 11.1 Å². The number of nitrogen functional groups attached to an aromatic ring is 1. The summed E-state index contributed by atoms with van der Waals surface area (Å²) in [6.07, 6.45) is 1.45. The fraction of sp³-hybridized carbons (Fsp3) is 0.231. The molecule has 2 rings (SSSR count). The molecule has 0 atom stereocenters. The highest BCUT2D eigenvalue weighted by Crippen LogP contribution is 2.25. The van der Waals surface area contributed by atoms with Gasteiger partial charge >= 0.3 is 0 Å². The maximum Gasteiger partial charge on any atom is 0.270 e. The van der Waals surface area contributed by atoms with Gasteiger partial charge in [0.25, 0.3) is 5.91 Å². The lowest BCUT2D eigenvalue weighted by Gasteiger charge is -2.11. The van der Waals surface area contributed by atoms with Crippen molar-refractivity contribution in [2.24, 2.45) is 0 Å². The van der Waals surface area contributed by atoms with Gasteiger partial charge in [0.2, 0.25) is 0 Å². The molecule has 0 saturated heterocycles. The normalized spacial score (nSPS) is 10.9. The van der Waals surface area contributed by atoms with Crippen molar-refractivity contribution in [2.45, 2.75) is 19.9 Å². The van der Waals surface area contributed by atoms with Gasteiger partial charge in [-0.2, -0.15) is 0 Å². The number of benzene rings is 1. The molecule has 0 aliphatic carbocycles. The average molecular weight is 247 g/mol. The Bertz CT molecular complexity index is 610. The first-order chi connectivity index (χ1) is 8.50. The Balaban J connectivity index is 2.65. The molecule has 5 heteroatoms. The first kappa shape index (κ1) is 12.3. The van der Waals surface area contributed by atoms with Crippen molar-refractivity contribution in [3.8, 4) is 0 Å². The zero-order valence-electron chi connectivity index (χ0n) is 10.2. The summed E-state index contributed by atoms with van der Waals surface area (Å²) in [6.45, 7) is 3.65. The fourth-order valence-electron chi connectivity index (χ4n) is 1.78. The molecule has 0 aliphatic heterocycles. The number of rotatable bonds is 2. The minimum atomic E-state index is -0.499. The topological polar surface area (TPSA) is 68.0 Å². The van der Waals surface area contributed by atoms with Crippen molar-refractivity contribution < 1.29 is 9.18 Å². The van der Waals surface area contributed by atoms with Crippen LogP contribution >= 0.6 is 0 Å². The highest BCUT2D eigenvalue weighted by atomic mass is 19.1. The van der Waals surface area contributed by atoms with Crippen LogP contribution in [0.4, 0.5) is 10.1 Å². The van der Waals surface area contributed by atoms with Gasteiger partial charge in [-0.1, -0.05) is 0 Å². The maximum atomic E-state index is 13.8. The third-order valence-corrected chi connectivity index (χ3v) is 2.54. The molecule has 1 heterocycles. The molecule has 0 saturated carbocycles. The molecular formula is C13H14FN3O. The molecule has 0 radical (unpaired) electrons. The zero-order chi connectivity index (χ0) is 13.3. The van der Waals surface area contributed by atoms with E-state index in [1.54, 1.807) is 6.07 Å². The van der Waals surface area contributed by atoms with Crippen LogP contribution in [0, 0.1) is 5.82 Å². The van der Waals surface area contributed by atoms with Gasteiger partial charge in [-0.3, -0.25) is 9.78 Å². The molecule has 1 aromatic carbocycles. The van der Waals surface area contributed by atoms with Crippen LogP contribution in [0.25, 0.3) is 10.8 Å². The molecule has 4 nitrogen and oxygen atoms in total. The Morgan fingerprint density at radius 1 is 1.39 bits per heavy atom. The van der Waals surface area contributed by atoms with Crippen LogP contribution in [0.3, 0.4) is 0 Å². The van der Waals surface area contributed by atoms with Gasteiger partial charge in [0.15, 0.2) is 0 Å². The largest absolute Gasteiger partial charge is 0.398 e. The van der Waals surface area contributed by atoms with Crippen LogP contribution in [0.5, 0.6) is 0 Å². The van der Waals surface area contributed by atoms with Crippen molar-refractivity contribution in [3.63, 3.8) is 0 Å². The lowest BCUT2D eigenvalue weighted by Crippen LogP contribution is -2.31. The Hall–Kier alpha value is -2.17. The highest BCUT2D eigenvalue weighted by Gasteiger charge is 2.16. The lowest BCUT2D eigenvalue weighted by molar-refractivity contribution is 0.0939. The molecular weight excluding hydrogens is 233 g/mol. The molecule has 94 valence electrons. The summed E-state index contributed by atoms with van der Waals surface area (Å²) in [6, 6.07) is 4.27.